The second-order valence-corrected chi connectivity index (χ2v) is 4.88. The highest BCUT2D eigenvalue weighted by molar-refractivity contribution is 5.61. The molecule has 0 heterocycles. The smallest absolute Gasteiger partial charge is 0.00110 e. The van der Waals surface area contributed by atoms with Crippen molar-refractivity contribution in [1.29, 1.82) is 0 Å². The van der Waals surface area contributed by atoms with Crippen LogP contribution in [0.1, 0.15) is 27.8 Å². The molecule has 2 aromatic carbocycles. The molecule has 0 N–H and O–H groups in total. The van der Waals surface area contributed by atoms with Gasteiger partial charge in [-0.25, -0.2) is 0 Å². The molecular formula is C17H16. The normalized spacial score (nSPS) is 12.6. The third-order valence-electron chi connectivity index (χ3n) is 3.84. The summed E-state index contributed by atoms with van der Waals surface area (Å²) < 4.78 is 0. The molecule has 0 radical (unpaired) electrons. The molecule has 3 rings (SSSR count). The number of hydrogen-bond donors (Lipinski definition) is 0. The quantitative estimate of drug-likeness (QED) is 0.546. The molecule has 0 unspecified atom stereocenters. The van der Waals surface area contributed by atoms with E-state index in [1.54, 1.807) is 0 Å². The van der Waals surface area contributed by atoms with Gasteiger partial charge in [-0.15, -0.1) is 0 Å². The van der Waals surface area contributed by atoms with Crippen LogP contribution in [0.5, 0.6) is 0 Å². The van der Waals surface area contributed by atoms with E-state index >= 15 is 0 Å². The number of fused-ring (bicyclic) bond motifs is 2. The van der Waals surface area contributed by atoms with E-state index in [1.165, 1.54) is 38.3 Å². The van der Waals surface area contributed by atoms with Crippen LogP contribution in [0, 0.1) is 13.8 Å². The maximum atomic E-state index is 4.17. The highest BCUT2D eigenvalue weighted by Gasteiger charge is 2.11. The molecule has 1 aliphatic rings. The zero-order valence-corrected chi connectivity index (χ0v) is 10.4. The third-order valence-corrected chi connectivity index (χ3v) is 3.84. The predicted octanol–water partition coefficient (Wildman–Crippen LogP) is 2.45. The Bertz CT molecular complexity index is 706. The predicted molar refractivity (Wildman–Crippen MR) is 73.5 cm³/mol. The fraction of sp³-hybridized carbons (Fsp3) is 0.176. The van der Waals surface area contributed by atoms with Crippen LogP contribution in [0.15, 0.2) is 30.3 Å². The van der Waals surface area contributed by atoms with Crippen LogP contribution in [0.3, 0.4) is 0 Å². The Balaban J connectivity index is 2.39. The molecule has 2 aromatic rings. The largest absolute Gasteiger partial charge is 0.0912 e. The number of benzene rings is 2. The first-order valence-corrected chi connectivity index (χ1v) is 6.04. The molecule has 0 bridgehead atoms. The van der Waals surface area contributed by atoms with E-state index in [0.29, 0.717) is 0 Å². The number of hydrogen-bond acceptors (Lipinski definition) is 0. The summed E-state index contributed by atoms with van der Waals surface area (Å²) in [6.45, 7) is 8.50. The van der Waals surface area contributed by atoms with E-state index in [2.05, 4.69) is 56.8 Å². The molecule has 0 atom stereocenters. The van der Waals surface area contributed by atoms with Gasteiger partial charge in [-0.3, -0.25) is 0 Å². The molecule has 84 valence electrons. The summed E-state index contributed by atoms with van der Waals surface area (Å²) in [6.07, 6.45) is 3.34. The molecule has 0 aliphatic heterocycles. The summed E-state index contributed by atoms with van der Waals surface area (Å²) in [5.74, 6) is 0. The van der Waals surface area contributed by atoms with Crippen molar-refractivity contribution in [2.45, 2.75) is 20.3 Å². The van der Waals surface area contributed by atoms with Gasteiger partial charge in [-0.05, 0) is 64.6 Å². The van der Waals surface area contributed by atoms with E-state index < -0.39 is 0 Å². The highest BCUT2D eigenvalue weighted by atomic mass is 14.2. The minimum absolute atomic E-state index is 1.04. The van der Waals surface area contributed by atoms with Gasteiger partial charge >= 0.3 is 0 Å². The first-order valence-electron chi connectivity index (χ1n) is 6.04. The van der Waals surface area contributed by atoms with Crippen molar-refractivity contribution >= 4 is 12.7 Å². The number of aryl methyl sites for hydroxylation is 1. The monoisotopic (exact) mass is 220 g/mol. The summed E-state index contributed by atoms with van der Waals surface area (Å²) >= 11 is 0. The average molecular weight is 220 g/mol. The maximum absolute atomic E-state index is 4.17. The molecule has 0 nitrogen and oxygen atoms in total. The fourth-order valence-electron chi connectivity index (χ4n) is 2.66. The summed E-state index contributed by atoms with van der Waals surface area (Å²) in [6, 6.07) is 10.9. The topological polar surface area (TPSA) is 0 Å². The van der Waals surface area contributed by atoms with Crippen molar-refractivity contribution < 1.29 is 0 Å². The summed E-state index contributed by atoms with van der Waals surface area (Å²) in [7, 11) is 0. The van der Waals surface area contributed by atoms with Gasteiger partial charge in [0.2, 0.25) is 0 Å². The summed E-state index contributed by atoms with van der Waals surface area (Å²) in [5, 5.41) is 2.56. The van der Waals surface area contributed by atoms with E-state index in [9.17, 15) is 0 Å². The number of rotatable bonds is 0. The average Bonchev–Trinajstić information content (AvgIpc) is 2.34. The van der Waals surface area contributed by atoms with Crippen molar-refractivity contribution in [1.82, 2.24) is 0 Å². The standard InChI is InChI=1S/C17H16/c1-11-8-16-9-14-6-4-5-7-15(14)10-17(16)13(3)12(11)2/h4-9H,2,10H2,1,3H3. The van der Waals surface area contributed by atoms with Gasteiger partial charge in [0, 0.05) is 0 Å². The van der Waals surface area contributed by atoms with Crippen LogP contribution >= 0.6 is 0 Å². The first kappa shape index (κ1) is 10.3. The van der Waals surface area contributed by atoms with Crippen LogP contribution < -0.4 is 10.4 Å². The highest BCUT2D eigenvalue weighted by Crippen LogP contribution is 2.18. The molecule has 0 saturated heterocycles. The van der Waals surface area contributed by atoms with Crippen molar-refractivity contribution in [2.75, 3.05) is 0 Å². The van der Waals surface area contributed by atoms with Crippen molar-refractivity contribution in [3.8, 4) is 0 Å². The zero-order valence-electron chi connectivity index (χ0n) is 10.4. The molecule has 0 fully saturated rings. The SMILES string of the molecule is C=c1c(C)cc2c(c1C)Cc1ccccc1C=2. The molecule has 17 heavy (non-hydrogen) atoms. The summed E-state index contributed by atoms with van der Waals surface area (Å²) in [4.78, 5) is 0. The second kappa shape index (κ2) is 3.59. The Morgan fingerprint density at radius 1 is 1.12 bits per heavy atom. The van der Waals surface area contributed by atoms with Gasteiger partial charge in [0.05, 0.1) is 0 Å². The summed E-state index contributed by atoms with van der Waals surface area (Å²) in [5.41, 5.74) is 6.86. The minimum atomic E-state index is 1.04. The lowest BCUT2D eigenvalue weighted by Gasteiger charge is -2.16. The van der Waals surface area contributed by atoms with Crippen LogP contribution in [-0.2, 0) is 6.42 Å². The van der Waals surface area contributed by atoms with Crippen LogP contribution in [0.25, 0.3) is 12.7 Å². The molecule has 0 amide bonds. The molecule has 0 saturated carbocycles. The van der Waals surface area contributed by atoms with Gasteiger partial charge in [0.25, 0.3) is 0 Å². The Hall–Kier alpha value is -1.82. The van der Waals surface area contributed by atoms with Gasteiger partial charge in [-0.2, -0.15) is 0 Å². The van der Waals surface area contributed by atoms with Crippen molar-refractivity contribution in [2.24, 2.45) is 0 Å². The van der Waals surface area contributed by atoms with E-state index in [-0.39, 0.29) is 0 Å². The lowest BCUT2D eigenvalue weighted by atomic mass is 9.88. The molecule has 0 aromatic heterocycles. The molecular weight excluding hydrogens is 204 g/mol. The molecule has 0 spiro atoms. The maximum Gasteiger partial charge on any atom is -0.00110 e. The van der Waals surface area contributed by atoms with E-state index in [1.807, 2.05) is 0 Å². The van der Waals surface area contributed by atoms with Gasteiger partial charge in [0.1, 0.15) is 0 Å². The third kappa shape index (κ3) is 1.52. The van der Waals surface area contributed by atoms with Gasteiger partial charge < -0.3 is 0 Å². The first-order chi connectivity index (χ1) is 8.16. The fourth-order valence-corrected chi connectivity index (χ4v) is 2.66. The van der Waals surface area contributed by atoms with Crippen LogP contribution in [-0.4, -0.2) is 0 Å². The zero-order chi connectivity index (χ0) is 12.0. The molecule has 0 heteroatoms. The van der Waals surface area contributed by atoms with Crippen LogP contribution in [0.2, 0.25) is 0 Å². The Morgan fingerprint density at radius 2 is 1.88 bits per heavy atom. The molecule has 1 aliphatic carbocycles. The Kier molecular flexibility index (Phi) is 2.19. The van der Waals surface area contributed by atoms with Gasteiger partial charge in [-0.1, -0.05) is 36.9 Å². The second-order valence-electron chi connectivity index (χ2n) is 4.88. The minimum Gasteiger partial charge on any atom is -0.0912 e. The Labute approximate surface area is 102 Å². The van der Waals surface area contributed by atoms with Gasteiger partial charge in [0.15, 0.2) is 0 Å². The van der Waals surface area contributed by atoms with Crippen molar-refractivity contribution in [3.05, 3.63) is 68.6 Å². The lowest BCUT2D eigenvalue weighted by molar-refractivity contribution is 1.09. The van der Waals surface area contributed by atoms with E-state index in [0.717, 1.165) is 6.42 Å². The van der Waals surface area contributed by atoms with Crippen molar-refractivity contribution in [3.63, 3.8) is 0 Å². The van der Waals surface area contributed by atoms with E-state index in [4.69, 9.17) is 0 Å². The lowest BCUT2D eigenvalue weighted by Crippen LogP contribution is -2.24. The Morgan fingerprint density at radius 3 is 2.71 bits per heavy atom. The van der Waals surface area contributed by atoms with Crippen LogP contribution in [0.4, 0.5) is 0 Å².